The molecule has 0 amide bonds. The van der Waals surface area contributed by atoms with E-state index < -0.39 is 27.5 Å². The van der Waals surface area contributed by atoms with Crippen molar-refractivity contribution in [1.82, 2.24) is 0 Å². The van der Waals surface area contributed by atoms with E-state index in [2.05, 4.69) is 20.9 Å². The number of nitrogens with zero attached hydrogens (tertiary/aromatic N) is 1. The third-order valence-electron chi connectivity index (χ3n) is 4.76. The number of Topliss-reactive ketones (excluding diaryl/α,β-unsaturated/α-hetero) is 1. The number of allylic oxidation sites excluding steroid dienone is 2. The van der Waals surface area contributed by atoms with Crippen LogP contribution >= 0.6 is 15.9 Å². The molecule has 1 aromatic rings. The number of sulfone groups is 1. The number of carbonyl (C=O) groups excluding carboxylic acids is 1. The number of halogens is 2. The number of hydrogen-bond donors (Lipinski definition) is 0. The van der Waals surface area contributed by atoms with Crippen LogP contribution in [-0.2, 0) is 14.6 Å². The molecule has 2 heterocycles. The molecule has 120 valence electrons. The van der Waals surface area contributed by atoms with E-state index in [4.69, 9.17) is 0 Å². The zero-order valence-electron chi connectivity index (χ0n) is 12.1. The summed E-state index contributed by atoms with van der Waals surface area (Å²) >= 11 is 3.15. The van der Waals surface area contributed by atoms with Crippen molar-refractivity contribution in [2.45, 2.75) is 25.2 Å². The molecule has 0 N–H and O–H groups in total. The lowest BCUT2D eigenvalue weighted by Gasteiger charge is -2.28. The number of hydrogen-bond acceptors (Lipinski definition) is 4. The fourth-order valence-electron chi connectivity index (χ4n) is 3.75. The number of aliphatic imine (C=N–C) groups is 1. The van der Waals surface area contributed by atoms with Crippen molar-refractivity contribution >= 4 is 37.3 Å². The summed E-state index contributed by atoms with van der Waals surface area (Å²) in [5.41, 5.74) is 2.00. The van der Waals surface area contributed by atoms with Crippen LogP contribution in [0.2, 0.25) is 0 Å². The third-order valence-corrected chi connectivity index (χ3v) is 7.27. The average molecular weight is 398 g/mol. The van der Waals surface area contributed by atoms with Crippen molar-refractivity contribution in [2.75, 3.05) is 5.75 Å². The van der Waals surface area contributed by atoms with Crippen LogP contribution in [0.15, 0.2) is 38.3 Å². The van der Waals surface area contributed by atoms with Gasteiger partial charge in [0.05, 0.1) is 26.7 Å². The second-order valence-corrected chi connectivity index (χ2v) is 9.01. The predicted molar refractivity (Wildman–Crippen MR) is 87.4 cm³/mol. The summed E-state index contributed by atoms with van der Waals surface area (Å²) in [4.78, 5) is 17.1. The first-order chi connectivity index (χ1) is 10.9. The largest absolute Gasteiger partial charge is 0.299 e. The highest BCUT2D eigenvalue weighted by Crippen LogP contribution is 2.49. The van der Waals surface area contributed by atoms with Crippen LogP contribution in [0.25, 0.3) is 0 Å². The summed E-state index contributed by atoms with van der Waals surface area (Å²) in [6.45, 7) is 0. The molecule has 4 nitrogen and oxygen atoms in total. The number of rotatable bonds is 1. The van der Waals surface area contributed by atoms with Gasteiger partial charge < -0.3 is 0 Å². The summed E-state index contributed by atoms with van der Waals surface area (Å²) in [6.07, 6.45) is 1.36. The monoisotopic (exact) mass is 397 g/mol. The standard InChI is InChI=1S/C16H13BrFNO3S/c17-9-7-8(1-2-10(9)18)14-15-11(3-4-13(15)20)19-12-5-6-23(21,22)16(12)14/h1-2,7,14-15H,3-6H2/t14-,15?/m1/s1. The average Bonchev–Trinajstić information content (AvgIpc) is 3.01. The lowest BCUT2D eigenvalue weighted by molar-refractivity contribution is -0.120. The molecule has 0 saturated heterocycles. The molecule has 1 saturated carbocycles. The Kier molecular flexibility index (Phi) is 3.36. The molecule has 1 unspecified atom stereocenters. The number of ketones is 1. The molecule has 23 heavy (non-hydrogen) atoms. The molecule has 2 aliphatic heterocycles. The van der Waals surface area contributed by atoms with E-state index in [9.17, 15) is 17.6 Å². The molecule has 0 spiro atoms. The Balaban J connectivity index is 1.95. The lowest BCUT2D eigenvalue weighted by atomic mass is 9.80. The van der Waals surface area contributed by atoms with Gasteiger partial charge in [-0.05, 0) is 40.0 Å². The fraction of sp³-hybridized carbons (Fsp3) is 0.375. The van der Waals surface area contributed by atoms with Crippen LogP contribution in [0.1, 0.15) is 30.7 Å². The first-order valence-corrected chi connectivity index (χ1v) is 9.84. The van der Waals surface area contributed by atoms with Crippen molar-refractivity contribution < 1.29 is 17.6 Å². The summed E-state index contributed by atoms with van der Waals surface area (Å²) in [7, 11) is -3.42. The van der Waals surface area contributed by atoms with E-state index in [0.717, 1.165) is 5.71 Å². The van der Waals surface area contributed by atoms with Gasteiger partial charge >= 0.3 is 0 Å². The minimum atomic E-state index is -3.42. The van der Waals surface area contributed by atoms with E-state index in [1.54, 1.807) is 12.1 Å². The highest BCUT2D eigenvalue weighted by Gasteiger charge is 2.49. The SMILES string of the molecule is O=C1CCC2=NC3=C([C@H](c4ccc(F)c(Br)c4)C12)S(=O)(=O)CC3. The quantitative estimate of drug-likeness (QED) is 0.730. The molecule has 1 aliphatic carbocycles. The van der Waals surface area contributed by atoms with Crippen LogP contribution < -0.4 is 0 Å². The molecule has 2 atom stereocenters. The molecule has 1 fully saturated rings. The van der Waals surface area contributed by atoms with Crippen molar-refractivity contribution in [3.05, 3.63) is 44.7 Å². The van der Waals surface area contributed by atoms with Crippen molar-refractivity contribution in [3.8, 4) is 0 Å². The van der Waals surface area contributed by atoms with Crippen LogP contribution in [0.5, 0.6) is 0 Å². The van der Waals surface area contributed by atoms with Crippen LogP contribution in [-0.4, -0.2) is 25.7 Å². The highest BCUT2D eigenvalue weighted by atomic mass is 79.9. The van der Waals surface area contributed by atoms with Gasteiger partial charge in [0.2, 0.25) is 0 Å². The topological polar surface area (TPSA) is 63.6 Å². The fourth-order valence-corrected chi connectivity index (χ4v) is 6.00. The Labute approximate surface area is 141 Å². The Hall–Kier alpha value is -1.34. The molecule has 0 aromatic heterocycles. The predicted octanol–water partition coefficient (Wildman–Crippen LogP) is 3.14. The molecule has 1 aromatic carbocycles. The second kappa shape index (κ2) is 5.08. The van der Waals surface area contributed by atoms with Gasteiger partial charge in [-0.1, -0.05) is 6.07 Å². The van der Waals surface area contributed by atoms with Crippen molar-refractivity contribution in [3.63, 3.8) is 0 Å². The zero-order valence-corrected chi connectivity index (χ0v) is 14.5. The molecule has 0 radical (unpaired) electrons. The molecular formula is C16H13BrFNO3S. The van der Waals surface area contributed by atoms with Crippen LogP contribution in [0.4, 0.5) is 4.39 Å². The Bertz CT molecular complexity index is 904. The maximum Gasteiger partial charge on any atom is 0.177 e. The van der Waals surface area contributed by atoms with Gasteiger partial charge in [-0.15, -0.1) is 0 Å². The first kappa shape index (κ1) is 15.2. The second-order valence-electron chi connectivity index (χ2n) is 6.08. The Morgan fingerprint density at radius 2 is 1.96 bits per heavy atom. The molecular weight excluding hydrogens is 385 g/mol. The maximum atomic E-state index is 13.6. The van der Waals surface area contributed by atoms with Crippen molar-refractivity contribution in [2.24, 2.45) is 10.9 Å². The maximum absolute atomic E-state index is 13.6. The van der Waals surface area contributed by atoms with Gasteiger partial charge in [0, 0.05) is 24.5 Å². The smallest absolute Gasteiger partial charge is 0.177 e. The Morgan fingerprint density at radius 1 is 1.17 bits per heavy atom. The third kappa shape index (κ3) is 2.24. The number of fused-ring (bicyclic) bond motifs is 1. The molecule has 7 heteroatoms. The van der Waals surface area contributed by atoms with E-state index in [1.807, 2.05) is 0 Å². The van der Waals surface area contributed by atoms with Gasteiger partial charge in [-0.3, -0.25) is 9.79 Å². The van der Waals surface area contributed by atoms with E-state index in [0.29, 0.717) is 30.5 Å². The minimum absolute atomic E-state index is 0.0165. The molecule has 3 aliphatic rings. The van der Waals surface area contributed by atoms with Gasteiger partial charge in [-0.25, -0.2) is 12.8 Å². The molecule has 0 bridgehead atoms. The summed E-state index contributed by atoms with van der Waals surface area (Å²) in [6, 6.07) is 4.44. The van der Waals surface area contributed by atoms with E-state index in [1.165, 1.54) is 6.07 Å². The summed E-state index contributed by atoms with van der Waals surface area (Å²) < 4.78 is 38.8. The van der Waals surface area contributed by atoms with Gasteiger partial charge in [0.15, 0.2) is 9.84 Å². The van der Waals surface area contributed by atoms with E-state index >= 15 is 0 Å². The van der Waals surface area contributed by atoms with Crippen molar-refractivity contribution in [1.29, 1.82) is 0 Å². The first-order valence-electron chi connectivity index (χ1n) is 7.39. The minimum Gasteiger partial charge on any atom is -0.299 e. The van der Waals surface area contributed by atoms with Crippen LogP contribution in [0.3, 0.4) is 0 Å². The molecule has 4 rings (SSSR count). The van der Waals surface area contributed by atoms with Gasteiger partial charge in [0.25, 0.3) is 0 Å². The van der Waals surface area contributed by atoms with E-state index in [-0.39, 0.29) is 20.9 Å². The summed E-state index contributed by atoms with van der Waals surface area (Å²) in [5, 5.41) is 0. The lowest BCUT2D eigenvalue weighted by Crippen LogP contribution is -2.30. The van der Waals surface area contributed by atoms with Gasteiger partial charge in [0.1, 0.15) is 11.6 Å². The van der Waals surface area contributed by atoms with Gasteiger partial charge in [-0.2, -0.15) is 0 Å². The number of benzene rings is 1. The highest BCUT2D eigenvalue weighted by molar-refractivity contribution is 9.10. The zero-order chi connectivity index (χ0) is 16.4. The van der Waals surface area contributed by atoms with Crippen LogP contribution in [0, 0.1) is 11.7 Å². The Morgan fingerprint density at radius 3 is 2.70 bits per heavy atom. The normalized spacial score (nSPS) is 28.6. The summed E-state index contributed by atoms with van der Waals surface area (Å²) in [5.74, 6) is -1.47. The number of carbonyl (C=O) groups is 1.